The number of fused-ring (bicyclic) bond motifs is 1. The molecule has 2 aromatic carbocycles. The summed E-state index contributed by atoms with van der Waals surface area (Å²) in [7, 11) is -2.21. The summed E-state index contributed by atoms with van der Waals surface area (Å²) in [5.41, 5.74) is 2.22. The predicted octanol–water partition coefficient (Wildman–Crippen LogP) is 2.24. The molecule has 0 amide bonds. The average molecular weight is 318 g/mol. The summed E-state index contributed by atoms with van der Waals surface area (Å²) in [6.45, 7) is 1.88. The lowest BCUT2D eigenvalue weighted by Crippen LogP contribution is -2.13. The summed E-state index contributed by atoms with van der Waals surface area (Å²) in [5.74, 6) is -0.531. The molecule has 0 bridgehead atoms. The standard InChI is InChI=1S/C15H14N2O4S/c1-10-4-3-5-11(8-10)16-22(19,20)12-6-7-14-13(9-12)17(2)15(18)21-14/h3-9,16H,1-2H3. The van der Waals surface area contributed by atoms with E-state index in [9.17, 15) is 13.2 Å². The lowest BCUT2D eigenvalue weighted by molar-refractivity contribution is 0.528. The third-order valence-corrected chi connectivity index (χ3v) is 4.72. The number of aryl methyl sites for hydroxylation is 2. The number of aromatic nitrogens is 1. The van der Waals surface area contributed by atoms with E-state index in [4.69, 9.17) is 4.42 Å². The minimum Gasteiger partial charge on any atom is -0.408 e. The van der Waals surface area contributed by atoms with Crippen molar-refractivity contribution in [2.24, 2.45) is 7.05 Å². The SMILES string of the molecule is Cc1cccc(NS(=O)(=O)c2ccc3oc(=O)n(C)c3c2)c1. The number of hydrogen-bond acceptors (Lipinski definition) is 4. The smallest absolute Gasteiger partial charge is 0.408 e. The van der Waals surface area contributed by atoms with Gasteiger partial charge in [0.15, 0.2) is 5.58 Å². The van der Waals surface area contributed by atoms with E-state index in [2.05, 4.69) is 4.72 Å². The van der Waals surface area contributed by atoms with Crippen LogP contribution >= 0.6 is 0 Å². The Hall–Kier alpha value is -2.54. The Morgan fingerprint density at radius 1 is 1.14 bits per heavy atom. The minimum atomic E-state index is -3.74. The molecule has 0 saturated carbocycles. The zero-order valence-corrected chi connectivity index (χ0v) is 12.8. The summed E-state index contributed by atoms with van der Waals surface area (Å²) in [4.78, 5) is 11.5. The van der Waals surface area contributed by atoms with Crippen LogP contribution in [0.5, 0.6) is 0 Å². The Morgan fingerprint density at radius 3 is 2.64 bits per heavy atom. The molecule has 114 valence electrons. The van der Waals surface area contributed by atoms with Gasteiger partial charge in [-0.15, -0.1) is 0 Å². The molecule has 6 nitrogen and oxygen atoms in total. The van der Waals surface area contributed by atoms with Crippen LogP contribution in [0.15, 0.2) is 56.6 Å². The van der Waals surface area contributed by atoms with Crippen molar-refractivity contribution in [1.82, 2.24) is 4.57 Å². The molecular weight excluding hydrogens is 304 g/mol. The number of benzene rings is 2. The van der Waals surface area contributed by atoms with E-state index in [-0.39, 0.29) is 4.90 Å². The molecule has 0 unspecified atom stereocenters. The van der Waals surface area contributed by atoms with Crippen molar-refractivity contribution in [2.75, 3.05) is 4.72 Å². The fraction of sp³-hybridized carbons (Fsp3) is 0.133. The Morgan fingerprint density at radius 2 is 1.91 bits per heavy atom. The highest BCUT2D eigenvalue weighted by molar-refractivity contribution is 7.92. The topological polar surface area (TPSA) is 81.3 Å². The van der Waals surface area contributed by atoms with Crippen LogP contribution in [0.2, 0.25) is 0 Å². The van der Waals surface area contributed by atoms with Crippen molar-refractivity contribution in [1.29, 1.82) is 0 Å². The lowest BCUT2D eigenvalue weighted by Gasteiger charge is -2.08. The third kappa shape index (κ3) is 2.50. The van der Waals surface area contributed by atoms with Crippen LogP contribution in [0.4, 0.5) is 5.69 Å². The molecule has 0 fully saturated rings. The molecule has 1 heterocycles. The second kappa shape index (κ2) is 5.03. The molecule has 7 heteroatoms. The molecule has 0 saturated heterocycles. The van der Waals surface area contributed by atoms with E-state index < -0.39 is 15.8 Å². The van der Waals surface area contributed by atoms with Crippen molar-refractivity contribution in [3.63, 3.8) is 0 Å². The number of anilines is 1. The second-order valence-electron chi connectivity index (χ2n) is 5.03. The van der Waals surface area contributed by atoms with Gasteiger partial charge in [0.25, 0.3) is 10.0 Å². The first-order valence-corrected chi connectivity index (χ1v) is 8.04. The van der Waals surface area contributed by atoms with Gasteiger partial charge < -0.3 is 4.42 Å². The number of nitrogens with zero attached hydrogens (tertiary/aromatic N) is 1. The summed E-state index contributed by atoms with van der Waals surface area (Å²) in [5, 5.41) is 0. The molecular formula is C15H14N2O4S. The van der Waals surface area contributed by atoms with Gasteiger partial charge in [-0.1, -0.05) is 12.1 Å². The van der Waals surface area contributed by atoms with Crippen LogP contribution in [0, 0.1) is 6.92 Å². The Labute approximate surface area is 127 Å². The normalized spacial score (nSPS) is 11.7. The van der Waals surface area contributed by atoms with Crippen LogP contribution < -0.4 is 10.5 Å². The molecule has 0 aliphatic rings. The van der Waals surface area contributed by atoms with Gasteiger partial charge in [0.1, 0.15) is 0 Å². The van der Waals surface area contributed by atoms with Crippen LogP contribution in [0.25, 0.3) is 11.1 Å². The quantitative estimate of drug-likeness (QED) is 0.803. The number of nitrogens with one attached hydrogen (secondary N) is 1. The molecule has 0 aliphatic carbocycles. The summed E-state index contributed by atoms with van der Waals surface area (Å²) in [6.07, 6.45) is 0. The van der Waals surface area contributed by atoms with E-state index in [1.807, 2.05) is 13.0 Å². The van der Waals surface area contributed by atoms with Crippen molar-refractivity contribution in [2.45, 2.75) is 11.8 Å². The molecule has 0 spiro atoms. The van der Waals surface area contributed by atoms with Crippen LogP contribution in [-0.2, 0) is 17.1 Å². The van der Waals surface area contributed by atoms with Crippen LogP contribution in [0.3, 0.4) is 0 Å². The highest BCUT2D eigenvalue weighted by Gasteiger charge is 2.17. The van der Waals surface area contributed by atoms with Crippen LogP contribution in [-0.4, -0.2) is 13.0 Å². The van der Waals surface area contributed by atoms with Gasteiger partial charge in [-0.05, 0) is 42.8 Å². The van der Waals surface area contributed by atoms with Gasteiger partial charge in [-0.3, -0.25) is 9.29 Å². The van der Waals surface area contributed by atoms with E-state index in [0.717, 1.165) is 5.56 Å². The summed E-state index contributed by atoms with van der Waals surface area (Å²) in [6, 6.07) is 11.4. The number of rotatable bonds is 3. The number of hydrogen-bond donors (Lipinski definition) is 1. The van der Waals surface area contributed by atoms with Gasteiger partial charge in [0.05, 0.1) is 10.4 Å². The second-order valence-corrected chi connectivity index (χ2v) is 6.71. The molecule has 22 heavy (non-hydrogen) atoms. The highest BCUT2D eigenvalue weighted by Crippen LogP contribution is 2.21. The summed E-state index contributed by atoms with van der Waals surface area (Å²) < 4.78 is 33.7. The van der Waals surface area contributed by atoms with Gasteiger partial charge in [-0.2, -0.15) is 0 Å². The Kier molecular flexibility index (Phi) is 3.29. The highest BCUT2D eigenvalue weighted by atomic mass is 32.2. The fourth-order valence-corrected chi connectivity index (χ4v) is 3.27. The zero-order valence-electron chi connectivity index (χ0n) is 12.0. The molecule has 0 atom stereocenters. The Balaban J connectivity index is 2.05. The molecule has 3 rings (SSSR count). The average Bonchev–Trinajstić information content (AvgIpc) is 2.73. The maximum atomic E-state index is 12.4. The van der Waals surface area contributed by atoms with E-state index in [1.165, 1.54) is 29.8 Å². The molecule has 3 aromatic rings. The van der Waals surface area contributed by atoms with Crippen molar-refractivity contribution < 1.29 is 12.8 Å². The van der Waals surface area contributed by atoms with Gasteiger partial charge in [0, 0.05) is 12.7 Å². The summed E-state index contributed by atoms with van der Waals surface area (Å²) >= 11 is 0. The largest absolute Gasteiger partial charge is 0.419 e. The number of sulfonamides is 1. The third-order valence-electron chi connectivity index (χ3n) is 3.34. The molecule has 1 aromatic heterocycles. The van der Waals surface area contributed by atoms with Gasteiger partial charge in [0.2, 0.25) is 0 Å². The first-order chi connectivity index (χ1) is 10.4. The van der Waals surface area contributed by atoms with Crippen molar-refractivity contribution in [3.8, 4) is 0 Å². The van der Waals surface area contributed by atoms with Gasteiger partial charge >= 0.3 is 5.76 Å². The first kappa shape index (κ1) is 14.4. The lowest BCUT2D eigenvalue weighted by atomic mass is 10.2. The van der Waals surface area contributed by atoms with Crippen LogP contribution in [0.1, 0.15) is 5.56 Å². The zero-order chi connectivity index (χ0) is 15.9. The van der Waals surface area contributed by atoms with E-state index in [1.54, 1.807) is 18.2 Å². The first-order valence-electron chi connectivity index (χ1n) is 6.56. The minimum absolute atomic E-state index is 0.0675. The maximum Gasteiger partial charge on any atom is 0.419 e. The molecule has 0 radical (unpaired) electrons. The van der Waals surface area contributed by atoms with Crippen molar-refractivity contribution >= 4 is 26.8 Å². The van der Waals surface area contributed by atoms with E-state index in [0.29, 0.717) is 16.8 Å². The van der Waals surface area contributed by atoms with E-state index >= 15 is 0 Å². The predicted molar refractivity (Wildman–Crippen MR) is 83.4 cm³/mol. The monoisotopic (exact) mass is 318 g/mol. The van der Waals surface area contributed by atoms with Crippen molar-refractivity contribution in [3.05, 3.63) is 58.6 Å². The number of oxazole rings is 1. The Bertz CT molecular complexity index is 1020. The molecule has 1 N–H and O–H groups in total. The molecule has 0 aliphatic heterocycles. The maximum absolute atomic E-state index is 12.4. The fourth-order valence-electron chi connectivity index (χ4n) is 2.20. The van der Waals surface area contributed by atoms with Gasteiger partial charge in [-0.25, -0.2) is 13.2 Å².